The molecular weight excluding hydrogens is 230 g/mol. The Morgan fingerprint density at radius 1 is 1.25 bits per heavy atom. The first-order valence-corrected chi connectivity index (χ1v) is 5.93. The summed E-state index contributed by atoms with van der Waals surface area (Å²) < 4.78 is 27.0. The lowest BCUT2D eigenvalue weighted by molar-refractivity contribution is 0.247. The molecule has 0 nitrogen and oxygen atoms in total. The van der Waals surface area contributed by atoms with Crippen LogP contribution in [0.2, 0.25) is 0 Å². The Hall–Kier alpha value is -0.630. The predicted molar refractivity (Wildman–Crippen MR) is 63.7 cm³/mol. The Bertz CT molecular complexity index is 343. The summed E-state index contributed by atoms with van der Waals surface area (Å²) in [6, 6.07) is 3.95. The van der Waals surface area contributed by atoms with Gasteiger partial charge in [0.05, 0.1) is 0 Å². The van der Waals surface area contributed by atoms with Crippen molar-refractivity contribution < 1.29 is 8.78 Å². The van der Waals surface area contributed by atoms with Gasteiger partial charge < -0.3 is 0 Å². The first kappa shape index (κ1) is 13.4. The van der Waals surface area contributed by atoms with Crippen LogP contribution in [0.3, 0.4) is 0 Å². The van der Waals surface area contributed by atoms with Crippen LogP contribution >= 0.6 is 11.6 Å². The van der Waals surface area contributed by atoms with Gasteiger partial charge in [-0.1, -0.05) is 26.8 Å². The van der Waals surface area contributed by atoms with E-state index in [4.69, 9.17) is 11.6 Å². The molecule has 1 unspecified atom stereocenters. The van der Waals surface area contributed by atoms with Crippen LogP contribution in [0.15, 0.2) is 18.2 Å². The number of hydrogen-bond donors (Lipinski definition) is 0. The zero-order chi connectivity index (χ0) is 12.3. The van der Waals surface area contributed by atoms with E-state index in [0.29, 0.717) is 12.3 Å². The highest BCUT2D eigenvalue weighted by Gasteiger charge is 2.29. The lowest BCUT2D eigenvalue weighted by atomic mass is 9.76. The van der Waals surface area contributed by atoms with Crippen LogP contribution in [-0.2, 0) is 6.42 Å². The van der Waals surface area contributed by atoms with E-state index in [9.17, 15) is 8.78 Å². The highest BCUT2D eigenvalue weighted by molar-refractivity contribution is 6.18. The van der Waals surface area contributed by atoms with Gasteiger partial charge in [-0.05, 0) is 29.9 Å². The molecule has 0 aliphatic carbocycles. The topological polar surface area (TPSA) is 0 Å². The van der Waals surface area contributed by atoms with Crippen molar-refractivity contribution in [3.63, 3.8) is 0 Å². The molecule has 0 bridgehead atoms. The molecule has 0 saturated heterocycles. The van der Waals surface area contributed by atoms with Crippen molar-refractivity contribution >= 4 is 11.6 Å². The van der Waals surface area contributed by atoms with E-state index in [1.807, 2.05) is 20.8 Å². The van der Waals surface area contributed by atoms with Crippen molar-refractivity contribution in [1.82, 2.24) is 0 Å². The van der Waals surface area contributed by atoms with E-state index in [1.165, 1.54) is 18.2 Å². The molecule has 0 heterocycles. The highest BCUT2D eigenvalue weighted by Crippen LogP contribution is 2.34. The molecule has 0 saturated carbocycles. The van der Waals surface area contributed by atoms with Gasteiger partial charge in [-0.25, -0.2) is 8.78 Å². The Balaban J connectivity index is 3.03. The first-order valence-electron chi connectivity index (χ1n) is 5.39. The minimum atomic E-state index is -0.489. The average molecular weight is 247 g/mol. The third-order valence-corrected chi connectivity index (χ3v) is 3.95. The van der Waals surface area contributed by atoms with Crippen LogP contribution in [0.5, 0.6) is 0 Å². The van der Waals surface area contributed by atoms with E-state index in [1.54, 1.807) is 0 Å². The van der Waals surface area contributed by atoms with Crippen LogP contribution in [0, 0.1) is 23.0 Å². The van der Waals surface area contributed by atoms with Gasteiger partial charge in [0.2, 0.25) is 0 Å². The summed E-state index contributed by atoms with van der Waals surface area (Å²) >= 11 is 5.91. The maximum atomic E-state index is 13.5. The summed E-state index contributed by atoms with van der Waals surface area (Å²) in [5.74, 6) is -0.323. The van der Waals surface area contributed by atoms with Crippen molar-refractivity contribution in [1.29, 1.82) is 0 Å². The minimum Gasteiger partial charge on any atom is -0.207 e. The Morgan fingerprint density at radius 2 is 1.75 bits per heavy atom. The fraction of sp³-hybridized carbons (Fsp3) is 0.538. The Labute approximate surface area is 101 Å². The second-order valence-electron chi connectivity index (χ2n) is 4.82. The van der Waals surface area contributed by atoms with Gasteiger partial charge in [-0.3, -0.25) is 0 Å². The van der Waals surface area contributed by atoms with Gasteiger partial charge in [0.25, 0.3) is 0 Å². The number of halogens is 3. The fourth-order valence-electron chi connectivity index (χ4n) is 1.51. The zero-order valence-corrected chi connectivity index (χ0v) is 10.6. The molecule has 90 valence electrons. The van der Waals surface area contributed by atoms with Crippen molar-refractivity contribution in [3.05, 3.63) is 35.4 Å². The van der Waals surface area contributed by atoms with Crippen LogP contribution < -0.4 is 0 Å². The van der Waals surface area contributed by atoms with Gasteiger partial charge in [-0.15, -0.1) is 11.6 Å². The molecule has 16 heavy (non-hydrogen) atoms. The zero-order valence-electron chi connectivity index (χ0n) is 9.86. The maximum absolute atomic E-state index is 13.5. The smallest absolute Gasteiger partial charge is 0.129 e. The van der Waals surface area contributed by atoms with Crippen molar-refractivity contribution in [3.8, 4) is 0 Å². The summed E-state index contributed by atoms with van der Waals surface area (Å²) in [6.07, 6.45) is 0.326. The quantitative estimate of drug-likeness (QED) is 0.691. The van der Waals surface area contributed by atoms with Gasteiger partial charge in [0.1, 0.15) is 11.6 Å². The molecule has 1 aromatic carbocycles. The lowest BCUT2D eigenvalue weighted by Gasteiger charge is -2.32. The molecule has 0 fully saturated rings. The molecule has 0 aromatic heterocycles. The molecule has 0 aliphatic heterocycles. The van der Waals surface area contributed by atoms with E-state index < -0.39 is 11.6 Å². The molecule has 0 amide bonds. The second-order valence-corrected chi connectivity index (χ2v) is 5.09. The number of rotatable bonds is 4. The van der Waals surface area contributed by atoms with Gasteiger partial charge in [-0.2, -0.15) is 0 Å². The minimum absolute atomic E-state index is 0.138. The van der Waals surface area contributed by atoms with Gasteiger partial charge in [0.15, 0.2) is 0 Å². The molecular formula is C13H17ClF2. The van der Waals surface area contributed by atoms with Crippen LogP contribution in [0.4, 0.5) is 8.78 Å². The number of hydrogen-bond acceptors (Lipinski definition) is 0. The Morgan fingerprint density at radius 3 is 2.12 bits per heavy atom. The predicted octanol–water partition coefficient (Wildman–Crippen LogP) is 4.41. The van der Waals surface area contributed by atoms with E-state index in [0.717, 1.165) is 0 Å². The molecule has 0 radical (unpaired) electrons. The SMILES string of the molecule is CC(C)C(C)(CCl)Cc1c(F)cccc1F. The third-order valence-electron chi connectivity index (χ3n) is 3.34. The van der Waals surface area contributed by atoms with Crippen LogP contribution in [-0.4, -0.2) is 5.88 Å². The summed E-state index contributed by atoms with van der Waals surface area (Å²) in [4.78, 5) is 0. The monoisotopic (exact) mass is 246 g/mol. The van der Waals surface area contributed by atoms with E-state index in [2.05, 4.69) is 0 Å². The average Bonchev–Trinajstić information content (AvgIpc) is 2.23. The van der Waals surface area contributed by atoms with E-state index >= 15 is 0 Å². The molecule has 1 atom stereocenters. The van der Waals surface area contributed by atoms with Crippen molar-refractivity contribution in [2.24, 2.45) is 11.3 Å². The molecule has 0 spiro atoms. The van der Waals surface area contributed by atoms with Crippen LogP contribution in [0.1, 0.15) is 26.3 Å². The normalized spacial score (nSPS) is 15.2. The summed E-state index contributed by atoms with van der Waals surface area (Å²) in [7, 11) is 0. The number of benzene rings is 1. The van der Waals surface area contributed by atoms with Crippen LogP contribution in [0.25, 0.3) is 0 Å². The summed E-state index contributed by atoms with van der Waals surface area (Å²) in [6.45, 7) is 5.98. The van der Waals surface area contributed by atoms with Crippen molar-refractivity contribution in [2.45, 2.75) is 27.2 Å². The lowest BCUT2D eigenvalue weighted by Crippen LogP contribution is -2.29. The first-order chi connectivity index (χ1) is 7.40. The standard InChI is InChI=1S/C13H17ClF2/c1-9(2)13(3,8-14)7-10-11(15)5-4-6-12(10)16/h4-6,9H,7-8H2,1-3H3. The second kappa shape index (κ2) is 5.13. The summed E-state index contributed by atoms with van der Waals surface area (Å²) in [5, 5.41) is 0. The molecule has 3 heteroatoms. The molecule has 1 aromatic rings. The van der Waals surface area contributed by atoms with E-state index in [-0.39, 0.29) is 16.9 Å². The fourth-order valence-corrected chi connectivity index (χ4v) is 1.91. The molecule has 0 N–H and O–H groups in total. The Kier molecular flexibility index (Phi) is 4.31. The third kappa shape index (κ3) is 2.73. The molecule has 1 rings (SSSR count). The summed E-state index contributed by atoms with van der Waals surface area (Å²) in [5.41, 5.74) is -0.149. The van der Waals surface area contributed by atoms with Crippen molar-refractivity contribution in [2.75, 3.05) is 5.88 Å². The van der Waals surface area contributed by atoms with Gasteiger partial charge >= 0.3 is 0 Å². The maximum Gasteiger partial charge on any atom is 0.129 e. The largest absolute Gasteiger partial charge is 0.207 e. The van der Waals surface area contributed by atoms with Gasteiger partial charge in [0, 0.05) is 11.4 Å². The molecule has 0 aliphatic rings. The highest BCUT2D eigenvalue weighted by atomic mass is 35.5. The number of alkyl halides is 1.